The standard InChI is InChI=1S/C20H30ClN5O2/c1-5-16(28-18-10-8-7-9-17(18)21)12-23-19(22-6-2)24-14-20(3,27)15-11-25-26(4)13-15/h7-11,13,16,27H,5-6,12,14H2,1-4H3,(H2,22,23,24). The number of benzene rings is 1. The maximum Gasteiger partial charge on any atom is 0.191 e. The summed E-state index contributed by atoms with van der Waals surface area (Å²) >= 11 is 6.18. The van der Waals surface area contributed by atoms with Gasteiger partial charge in [-0.2, -0.15) is 5.10 Å². The Kier molecular flexibility index (Phi) is 8.14. The van der Waals surface area contributed by atoms with E-state index in [0.717, 1.165) is 12.0 Å². The van der Waals surface area contributed by atoms with Gasteiger partial charge in [0.25, 0.3) is 0 Å². The monoisotopic (exact) mass is 407 g/mol. The number of aliphatic hydroxyl groups is 1. The predicted molar refractivity (Wildman–Crippen MR) is 113 cm³/mol. The summed E-state index contributed by atoms with van der Waals surface area (Å²) in [6.07, 6.45) is 4.19. The smallest absolute Gasteiger partial charge is 0.191 e. The maximum absolute atomic E-state index is 10.7. The fourth-order valence-electron chi connectivity index (χ4n) is 2.57. The number of ether oxygens (including phenoxy) is 1. The van der Waals surface area contributed by atoms with E-state index in [4.69, 9.17) is 16.3 Å². The van der Waals surface area contributed by atoms with Crippen molar-refractivity contribution in [3.8, 4) is 5.75 Å². The van der Waals surface area contributed by atoms with Crippen molar-refractivity contribution in [1.82, 2.24) is 20.4 Å². The second-order valence-electron chi connectivity index (χ2n) is 6.83. The molecule has 0 spiro atoms. The van der Waals surface area contributed by atoms with Crippen LogP contribution in [0.3, 0.4) is 0 Å². The lowest BCUT2D eigenvalue weighted by atomic mass is 10.0. The van der Waals surface area contributed by atoms with Crippen molar-refractivity contribution in [2.45, 2.75) is 38.9 Å². The molecule has 0 saturated heterocycles. The lowest BCUT2D eigenvalue weighted by Gasteiger charge is -2.22. The van der Waals surface area contributed by atoms with E-state index in [2.05, 4.69) is 27.6 Å². The highest BCUT2D eigenvalue weighted by Crippen LogP contribution is 2.24. The van der Waals surface area contributed by atoms with E-state index >= 15 is 0 Å². The van der Waals surface area contributed by atoms with Gasteiger partial charge in [0.1, 0.15) is 17.5 Å². The number of nitrogens with one attached hydrogen (secondary N) is 2. The summed E-state index contributed by atoms with van der Waals surface area (Å²) in [6, 6.07) is 7.43. The SMILES string of the molecule is CCNC(=NCC(C)(O)c1cnn(C)c1)NCC(CC)Oc1ccccc1Cl. The molecule has 154 valence electrons. The van der Waals surface area contributed by atoms with E-state index in [-0.39, 0.29) is 12.6 Å². The average molecular weight is 408 g/mol. The zero-order chi connectivity index (χ0) is 20.6. The van der Waals surface area contributed by atoms with Gasteiger partial charge < -0.3 is 20.5 Å². The van der Waals surface area contributed by atoms with Crippen LogP contribution in [0.1, 0.15) is 32.8 Å². The molecule has 0 fully saturated rings. The molecule has 0 bridgehead atoms. The zero-order valence-electron chi connectivity index (χ0n) is 16.9. The summed E-state index contributed by atoms with van der Waals surface area (Å²) in [7, 11) is 1.82. The van der Waals surface area contributed by atoms with Crippen molar-refractivity contribution in [3.63, 3.8) is 0 Å². The average Bonchev–Trinajstić information content (AvgIpc) is 3.11. The van der Waals surface area contributed by atoms with Crippen molar-refractivity contribution in [3.05, 3.63) is 47.2 Å². The van der Waals surface area contributed by atoms with E-state index in [1.165, 1.54) is 0 Å². The van der Waals surface area contributed by atoms with Gasteiger partial charge in [0.05, 0.1) is 24.3 Å². The highest BCUT2D eigenvalue weighted by Gasteiger charge is 2.24. The Morgan fingerprint density at radius 2 is 2.11 bits per heavy atom. The van der Waals surface area contributed by atoms with E-state index in [0.29, 0.717) is 29.8 Å². The summed E-state index contributed by atoms with van der Waals surface area (Å²) in [5.41, 5.74) is -0.377. The number of hydrogen-bond donors (Lipinski definition) is 3. The van der Waals surface area contributed by atoms with Gasteiger partial charge in [-0.25, -0.2) is 4.99 Å². The molecule has 0 amide bonds. The van der Waals surface area contributed by atoms with Crippen LogP contribution in [-0.4, -0.2) is 46.6 Å². The van der Waals surface area contributed by atoms with Crippen LogP contribution in [0.4, 0.5) is 0 Å². The fourth-order valence-corrected chi connectivity index (χ4v) is 2.75. The van der Waals surface area contributed by atoms with Crippen LogP contribution in [0.25, 0.3) is 0 Å². The first kappa shape index (κ1) is 22.0. The third-order valence-electron chi connectivity index (χ3n) is 4.30. The first-order valence-electron chi connectivity index (χ1n) is 9.50. The lowest BCUT2D eigenvalue weighted by molar-refractivity contribution is 0.0671. The van der Waals surface area contributed by atoms with Gasteiger partial charge in [0, 0.05) is 25.4 Å². The number of para-hydroxylation sites is 1. The van der Waals surface area contributed by atoms with E-state index in [1.54, 1.807) is 24.0 Å². The van der Waals surface area contributed by atoms with Gasteiger partial charge in [-0.1, -0.05) is 30.7 Å². The van der Waals surface area contributed by atoms with Crippen LogP contribution < -0.4 is 15.4 Å². The number of nitrogens with zero attached hydrogens (tertiary/aromatic N) is 3. The molecular weight excluding hydrogens is 378 g/mol. The number of rotatable bonds is 9. The number of aliphatic imine (C=N–C) groups is 1. The zero-order valence-corrected chi connectivity index (χ0v) is 17.7. The lowest BCUT2D eigenvalue weighted by Crippen LogP contribution is -2.43. The molecule has 2 unspecified atom stereocenters. The number of hydrogen-bond acceptors (Lipinski definition) is 4. The van der Waals surface area contributed by atoms with Crippen molar-refractivity contribution < 1.29 is 9.84 Å². The summed E-state index contributed by atoms with van der Waals surface area (Å²) in [6.45, 7) is 7.25. The summed E-state index contributed by atoms with van der Waals surface area (Å²) in [5.74, 6) is 1.28. The van der Waals surface area contributed by atoms with Gasteiger partial charge in [0.2, 0.25) is 0 Å². The quantitative estimate of drug-likeness (QED) is 0.439. The van der Waals surface area contributed by atoms with Crippen LogP contribution >= 0.6 is 11.6 Å². The molecule has 3 N–H and O–H groups in total. The molecule has 0 aliphatic rings. The second kappa shape index (κ2) is 10.3. The normalized spacial score (nSPS) is 15.0. The van der Waals surface area contributed by atoms with Gasteiger partial charge in [0.15, 0.2) is 5.96 Å². The van der Waals surface area contributed by atoms with Crippen LogP contribution in [0.5, 0.6) is 5.75 Å². The highest BCUT2D eigenvalue weighted by molar-refractivity contribution is 6.32. The van der Waals surface area contributed by atoms with Crippen LogP contribution in [0.2, 0.25) is 5.02 Å². The Labute approximate surface area is 171 Å². The molecule has 0 saturated carbocycles. The molecule has 0 aliphatic heterocycles. The molecule has 0 aliphatic carbocycles. The van der Waals surface area contributed by atoms with Gasteiger partial charge in [-0.05, 0) is 32.4 Å². The van der Waals surface area contributed by atoms with Crippen LogP contribution in [-0.2, 0) is 12.6 Å². The number of guanidine groups is 1. The molecule has 1 heterocycles. The van der Waals surface area contributed by atoms with Crippen molar-refractivity contribution in [2.24, 2.45) is 12.0 Å². The third kappa shape index (κ3) is 6.42. The molecule has 1 aromatic carbocycles. The minimum atomic E-state index is -1.10. The van der Waals surface area contributed by atoms with E-state index in [9.17, 15) is 5.11 Å². The Hall–Kier alpha value is -2.25. The second-order valence-corrected chi connectivity index (χ2v) is 7.24. The Bertz CT molecular complexity index is 775. The summed E-state index contributed by atoms with van der Waals surface area (Å²) in [4.78, 5) is 4.53. The van der Waals surface area contributed by atoms with Crippen LogP contribution in [0.15, 0.2) is 41.7 Å². The van der Waals surface area contributed by atoms with Gasteiger partial charge in [-0.3, -0.25) is 4.68 Å². The van der Waals surface area contributed by atoms with Crippen LogP contribution in [0, 0.1) is 0 Å². The molecule has 0 radical (unpaired) electrons. The molecule has 7 nitrogen and oxygen atoms in total. The Morgan fingerprint density at radius 1 is 1.36 bits per heavy atom. The van der Waals surface area contributed by atoms with E-state index < -0.39 is 5.60 Å². The highest BCUT2D eigenvalue weighted by atomic mass is 35.5. The Morgan fingerprint density at radius 3 is 2.71 bits per heavy atom. The largest absolute Gasteiger partial charge is 0.487 e. The summed E-state index contributed by atoms with van der Waals surface area (Å²) in [5, 5.41) is 21.9. The van der Waals surface area contributed by atoms with E-state index in [1.807, 2.05) is 38.2 Å². The summed E-state index contributed by atoms with van der Waals surface area (Å²) < 4.78 is 7.66. The molecule has 2 atom stereocenters. The van der Waals surface area contributed by atoms with Gasteiger partial charge >= 0.3 is 0 Å². The number of halogens is 1. The first-order chi connectivity index (χ1) is 13.4. The molecule has 1 aromatic heterocycles. The first-order valence-corrected chi connectivity index (χ1v) is 9.88. The van der Waals surface area contributed by atoms with Crippen molar-refractivity contribution in [2.75, 3.05) is 19.6 Å². The van der Waals surface area contributed by atoms with Crippen molar-refractivity contribution in [1.29, 1.82) is 0 Å². The van der Waals surface area contributed by atoms with Gasteiger partial charge in [-0.15, -0.1) is 0 Å². The minimum absolute atomic E-state index is 0.0670. The Balaban J connectivity index is 1.98. The number of aryl methyl sites for hydroxylation is 1. The molecule has 2 aromatic rings. The topological polar surface area (TPSA) is 83.7 Å². The maximum atomic E-state index is 10.7. The van der Waals surface area contributed by atoms with Crippen molar-refractivity contribution >= 4 is 17.6 Å². The molecule has 2 rings (SSSR count). The number of aromatic nitrogens is 2. The molecule has 8 heteroatoms. The minimum Gasteiger partial charge on any atom is -0.487 e. The predicted octanol–water partition coefficient (Wildman–Crippen LogP) is 2.69. The molecule has 28 heavy (non-hydrogen) atoms. The molecular formula is C20H30ClN5O2. The third-order valence-corrected chi connectivity index (χ3v) is 4.61. The fraction of sp³-hybridized carbons (Fsp3) is 0.500.